The first-order valence-electron chi connectivity index (χ1n) is 8.73. The van der Waals surface area contributed by atoms with Gasteiger partial charge in [-0.2, -0.15) is 0 Å². The first-order valence-corrected chi connectivity index (χ1v) is 8.73. The quantitative estimate of drug-likeness (QED) is 0.647. The highest BCUT2D eigenvalue weighted by Crippen LogP contribution is 2.14. The number of benzene rings is 2. The summed E-state index contributed by atoms with van der Waals surface area (Å²) in [7, 11) is 0. The molecule has 0 aliphatic carbocycles. The average Bonchev–Trinajstić information content (AvgIpc) is 2.91. The van der Waals surface area contributed by atoms with Crippen LogP contribution in [-0.4, -0.2) is 40.4 Å². The Morgan fingerprint density at radius 1 is 1.04 bits per heavy atom. The van der Waals surface area contributed by atoms with Crippen molar-refractivity contribution in [3.63, 3.8) is 0 Å². The number of imide groups is 1. The molecule has 0 unspecified atom stereocenters. The second-order valence-electron chi connectivity index (χ2n) is 6.38. The molecule has 4 amide bonds. The van der Waals surface area contributed by atoms with Crippen molar-refractivity contribution in [1.29, 1.82) is 0 Å². The fourth-order valence-electron chi connectivity index (χ4n) is 2.90. The van der Waals surface area contributed by atoms with Gasteiger partial charge in [0.15, 0.2) is 0 Å². The molecule has 1 fully saturated rings. The number of hydrogen-bond acceptors (Lipinski definition) is 4. The van der Waals surface area contributed by atoms with E-state index in [1.807, 2.05) is 30.3 Å². The minimum absolute atomic E-state index is 0.0918. The van der Waals surface area contributed by atoms with Gasteiger partial charge >= 0.3 is 6.03 Å². The molecule has 7 nitrogen and oxygen atoms in total. The van der Waals surface area contributed by atoms with Gasteiger partial charge in [-0.25, -0.2) is 4.79 Å². The van der Waals surface area contributed by atoms with Gasteiger partial charge in [-0.3, -0.25) is 14.5 Å². The van der Waals surface area contributed by atoms with Gasteiger partial charge in [-0.1, -0.05) is 42.5 Å². The third kappa shape index (κ3) is 4.84. The second-order valence-corrected chi connectivity index (χ2v) is 6.38. The van der Waals surface area contributed by atoms with Crippen LogP contribution in [0.5, 0.6) is 5.75 Å². The Morgan fingerprint density at radius 3 is 2.44 bits per heavy atom. The van der Waals surface area contributed by atoms with Crippen LogP contribution in [0.2, 0.25) is 0 Å². The summed E-state index contributed by atoms with van der Waals surface area (Å²) < 4.78 is 0. The Labute approximate surface area is 157 Å². The lowest BCUT2D eigenvalue weighted by Crippen LogP contribution is -2.37. The van der Waals surface area contributed by atoms with E-state index in [2.05, 4.69) is 10.6 Å². The predicted molar refractivity (Wildman–Crippen MR) is 98.7 cm³/mol. The summed E-state index contributed by atoms with van der Waals surface area (Å²) in [6.07, 6.45) is 0.516. The number of hydrogen-bond donors (Lipinski definition) is 3. The summed E-state index contributed by atoms with van der Waals surface area (Å²) in [4.78, 5) is 37.7. The van der Waals surface area contributed by atoms with Gasteiger partial charge < -0.3 is 15.7 Å². The third-order valence-corrected chi connectivity index (χ3v) is 4.35. The van der Waals surface area contributed by atoms with Crippen LogP contribution in [0, 0.1) is 0 Å². The molecule has 0 spiro atoms. The van der Waals surface area contributed by atoms with Gasteiger partial charge in [0, 0.05) is 6.54 Å². The summed E-state index contributed by atoms with van der Waals surface area (Å²) >= 11 is 0. The molecule has 0 aromatic heterocycles. The van der Waals surface area contributed by atoms with E-state index in [1.165, 1.54) is 0 Å². The van der Waals surface area contributed by atoms with E-state index in [-0.39, 0.29) is 24.6 Å². The number of rotatable bonds is 7. The molecule has 0 bridgehead atoms. The molecular weight excluding hydrogens is 346 g/mol. The molecule has 140 valence electrons. The normalized spacial score (nSPS) is 16.3. The molecule has 1 aliphatic rings. The fourth-order valence-corrected chi connectivity index (χ4v) is 2.90. The zero-order valence-electron chi connectivity index (χ0n) is 14.7. The Balaban J connectivity index is 1.47. The lowest BCUT2D eigenvalue weighted by molar-refractivity contribution is -0.131. The predicted octanol–water partition coefficient (Wildman–Crippen LogP) is 1.56. The van der Waals surface area contributed by atoms with Crippen LogP contribution in [0.25, 0.3) is 0 Å². The van der Waals surface area contributed by atoms with Crippen molar-refractivity contribution in [2.45, 2.75) is 25.4 Å². The summed E-state index contributed by atoms with van der Waals surface area (Å²) in [5.41, 5.74) is 1.83. The van der Waals surface area contributed by atoms with E-state index in [4.69, 9.17) is 0 Å². The van der Waals surface area contributed by atoms with Crippen molar-refractivity contribution < 1.29 is 19.5 Å². The van der Waals surface area contributed by atoms with E-state index in [1.54, 1.807) is 24.3 Å². The number of aromatic hydroxyl groups is 1. The van der Waals surface area contributed by atoms with Crippen LogP contribution >= 0.6 is 0 Å². The van der Waals surface area contributed by atoms with Crippen LogP contribution in [-0.2, 0) is 22.6 Å². The monoisotopic (exact) mass is 367 g/mol. The number of nitrogens with one attached hydrogen (secondary N) is 2. The van der Waals surface area contributed by atoms with E-state index in [0.29, 0.717) is 13.0 Å². The maximum absolute atomic E-state index is 12.4. The minimum atomic E-state index is -0.838. The zero-order valence-corrected chi connectivity index (χ0v) is 14.7. The van der Waals surface area contributed by atoms with E-state index in [0.717, 1.165) is 16.0 Å². The zero-order chi connectivity index (χ0) is 19.2. The third-order valence-electron chi connectivity index (χ3n) is 4.35. The standard InChI is InChI=1S/C20H21N3O4/c24-16-8-6-14(7-9-16)10-11-21-18(25)12-17-19(26)23(20(27)22-17)13-15-4-2-1-3-5-15/h1-9,17,24H,10-13H2,(H,21,25)(H,22,27)/t17-/m1/s1. The smallest absolute Gasteiger partial charge is 0.325 e. The van der Waals surface area contributed by atoms with E-state index in [9.17, 15) is 19.5 Å². The number of phenolic OH excluding ortho intramolecular Hbond substituents is 1. The van der Waals surface area contributed by atoms with Gasteiger partial charge in [0.1, 0.15) is 11.8 Å². The van der Waals surface area contributed by atoms with Crippen molar-refractivity contribution in [2.75, 3.05) is 6.54 Å². The molecule has 1 saturated heterocycles. The lowest BCUT2D eigenvalue weighted by Gasteiger charge is -2.13. The van der Waals surface area contributed by atoms with E-state index >= 15 is 0 Å². The maximum atomic E-state index is 12.4. The van der Waals surface area contributed by atoms with Gasteiger partial charge in [0.25, 0.3) is 5.91 Å². The largest absolute Gasteiger partial charge is 0.508 e. The molecule has 1 heterocycles. The fraction of sp³-hybridized carbons (Fsp3) is 0.250. The number of urea groups is 1. The number of phenols is 1. The average molecular weight is 367 g/mol. The van der Waals surface area contributed by atoms with Crippen LogP contribution in [0.4, 0.5) is 4.79 Å². The van der Waals surface area contributed by atoms with Crippen molar-refractivity contribution in [1.82, 2.24) is 15.5 Å². The topological polar surface area (TPSA) is 98.7 Å². The summed E-state index contributed by atoms with van der Waals surface area (Å²) in [5, 5.41) is 14.6. The SMILES string of the molecule is O=C(C[C@H]1NC(=O)N(Cc2ccccc2)C1=O)NCCc1ccc(O)cc1. The number of carbonyl (C=O) groups excluding carboxylic acids is 3. The second kappa shape index (κ2) is 8.35. The molecule has 0 saturated carbocycles. The summed E-state index contributed by atoms with van der Waals surface area (Å²) in [6, 6.07) is 14.6. The van der Waals surface area contributed by atoms with E-state index < -0.39 is 18.0 Å². The van der Waals surface area contributed by atoms with Crippen molar-refractivity contribution in [2.24, 2.45) is 0 Å². The number of carbonyl (C=O) groups is 3. The molecule has 2 aromatic carbocycles. The highest BCUT2D eigenvalue weighted by Gasteiger charge is 2.38. The molecular formula is C20H21N3O4. The molecule has 0 radical (unpaired) electrons. The molecule has 2 aromatic rings. The summed E-state index contributed by atoms with van der Waals surface area (Å²) in [5.74, 6) is -0.496. The first kappa shape index (κ1) is 18.4. The number of amides is 4. The number of nitrogens with zero attached hydrogens (tertiary/aromatic N) is 1. The van der Waals surface area contributed by atoms with Crippen LogP contribution < -0.4 is 10.6 Å². The maximum Gasteiger partial charge on any atom is 0.325 e. The highest BCUT2D eigenvalue weighted by molar-refractivity contribution is 6.05. The Bertz CT molecular complexity index is 821. The molecule has 1 aliphatic heterocycles. The molecule has 3 rings (SSSR count). The molecule has 7 heteroatoms. The van der Waals surface area contributed by atoms with Crippen LogP contribution in [0.15, 0.2) is 54.6 Å². The van der Waals surface area contributed by atoms with Crippen LogP contribution in [0.1, 0.15) is 17.5 Å². The van der Waals surface area contributed by atoms with Gasteiger partial charge in [0.2, 0.25) is 5.91 Å². The Kier molecular flexibility index (Phi) is 5.71. The Morgan fingerprint density at radius 2 is 1.74 bits per heavy atom. The lowest BCUT2D eigenvalue weighted by atomic mass is 10.1. The van der Waals surface area contributed by atoms with Crippen molar-refractivity contribution >= 4 is 17.8 Å². The van der Waals surface area contributed by atoms with Crippen LogP contribution in [0.3, 0.4) is 0 Å². The first-order chi connectivity index (χ1) is 13.0. The molecule has 3 N–H and O–H groups in total. The Hall–Kier alpha value is -3.35. The molecule has 27 heavy (non-hydrogen) atoms. The molecule has 1 atom stereocenters. The van der Waals surface area contributed by atoms with Crippen molar-refractivity contribution in [3.05, 3.63) is 65.7 Å². The van der Waals surface area contributed by atoms with Crippen molar-refractivity contribution in [3.8, 4) is 5.75 Å². The highest BCUT2D eigenvalue weighted by atomic mass is 16.3. The summed E-state index contributed by atoms with van der Waals surface area (Å²) in [6.45, 7) is 0.594. The minimum Gasteiger partial charge on any atom is -0.508 e. The van der Waals surface area contributed by atoms with Gasteiger partial charge in [-0.15, -0.1) is 0 Å². The van der Waals surface area contributed by atoms with Gasteiger partial charge in [0.05, 0.1) is 13.0 Å². The van der Waals surface area contributed by atoms with Gasteiger partial charge in [-0.05, 0) is 29.7 Å².